The van der Waals surface area contributed by atoms with E-state index in [9.17, 15) is 4.79 Å². The number of rotatable bonds is 1. The van der Waals surface area contributed by atoms with E-state index < -0.39 is 0 Å². The number of hydrogen-bond donors (Lipinski definition) is 0. The second kappa shape index (κ2) is 2.71. The van der Waals surface area contributed by atoms with Gasteiger partial charge in [0.2, 0.25) is 0 Å². The number of aromatic nitrogens is 2. The SMILES string of the molecule is O=Cc1cc2ccc(Br)cn2n1. The van der Waals surface area contributed by atoms with Gasteiger partial charge in [-0.25, -0.2) is 4.52 Å². The summed E-state index contributed by atoms with van der Waals surface area (Å²) in [5, 5.41) is 4.01. The normalized spacial score (nSPS) is 10.4. The second-order valence-corrected chi connectivity index (χ2v) is 3.32. The van der Waals surface area contributed by atoms with Crippen molar-refractivity contribution in [3.05, 3.63) is 34.6 Å². The fraction of sp³-hybridized carbons (Fsp3) is 0. The van der Waals surface area contributed by atoms with Crippen LogP contribution in [0.25, 0.3) is 5.52 Å². The quantitative estimate of drug-likeness (QED) is 0.694. The highest BCUT2D eigenvalue weighted by Crippen LogP contribution is 2.11. The Morgan fingerprint density at radius 1 is 1.50 bits per heavy atom. The first-order chi connectivity index (χ1) is 5.79. The molecule has 0 saturated heterocycles. The van der Waals surface area contributed by atoms with Crippen molar-refractivity contribution in [1.82, 2.24) is 9.61 Å². The lowest BCUT2D eigenvalue weighted by Crippen LogP contribution is -1.86. The summed E-state index contributed by atoms with van der Waals surface area (Å²) in [7, 11) is 0. The molecule has 0 amide bonds. The summed E-state index contributed by atoms with van der Waals surface area (Å²) in [6.45, 7) is 0. The van der Waals surface area contributed by atoms with Gasteiger partial charge in [0.1, 0.15) is 5.69 Å². The van der Waals surface area contributed by atoms with Gasteiger partial charge in [0, 0.05) is 10.7 Å². The van der Waals surface area contributed by atoms with Gasteiger partial charge < -0.3 is 0 Å². The third-order valence-corrected chi connectivity index (χ3v) is 2.03. The number of aldehydes is 1. The van der Waals surface area contributed by atoms with Crippen LogP contribution < -0.4 is 0 Å². The fourth-order valence-electron chi connectivity index (χ4n) is 1.04. The number of carbonyl (C=O) groups is 1. The molecule has 0 unspecified atom stereocenters. The van der Waals surface area contributed by atoms with Gasteiger partial charge in [-0.3, -0.25) is 4.79 Å². The van der Waals surface area contributed by atoms with Gasteiger partial charge in [-0.15, -0.1) is 0 Å². The van der Waals surface area contributed by atoms with Gasteiger partial charge in [-0.05, 0) is 34.1 Å². The number of fused-ring (bicyclic) bond motifs is 1. The summed E-state index contributed by atoms with van der Waals surface area (Å²) in [6, 6.07) is 5.54. The third kappa shape index (κ3) is 1.14. The number of pyridine rings is 1. The molecule has 0 aromatic carbocycles. The topological polar surface area (TPSA) is 34.4 Å². The maximum Gasteiger partial charge on any atom is 0.170 e. The molecular formula is C8H5BrN2O. The Hall–Kier alpha value is -1.16. The smallest absolute Gasteiger partial charge is 0.170 e. The molecule has 2 aromatic rings. The van der Waals surface area contributed by atoms with E-state index in [0.29, 0.717) is 5.69 Å². The predicted octanol–water partition coefficient (Wildman–Crippen LogP) is 1.91. The van der Waals surface area contributed by atoms with Gasteiger partial charge in [-0.1, -0.05) is 0 Å². The molecule has 0 N–H and O–H groups in total. The van der Waals surface area contributed by atoms with Gasteiger partial charge in [-0.2, -0.15) is 5.10 Å². The molecule has 2 aromatic heterocycles. The standard InChI is InChI=1S/C8H5BrN2O/c9-6-1-2-8-3-7(5-12)10-11(8)4-6/h1-5H. The number of halogens is 1. The first-order valence-corrected chi connectivity index (χ1v) is 4.19. The Kier molecular flexibility index (Phi) is 1.69. The molecule has 3 nitrogen and oxygen atoms in total. The maximum atomic E-state index is 10.4. The highest BCUT2D eigenvalue weighted by Gasteiger charge is 1.98. The Bertz CT molecular complexity index is 436. The molecule has 2 rings (SSSR count). The van der Waals surface area contributed by atoms with Crippen molar-refractivity contribution < 1.29 is 4.79 Å². The zero-order valence-corrected chi connectivity index (χ0v) is 7.65. The monoisotopic (exact) mass is 224 g/mol. The van der Waals surface area contributed by atoms with Crippen LogP contribution in [0.1, 0.15) is 10.5 Å². The first-order valence-electron chi connectivity index (χ1n) is 3.40. The predicted molar refractivity (Wildman–Crippen MR) is 48.3 cm³/mol. The molecule has 0 aliphatic rings. The molecule has 2 heterocycles. The molecule has 0 spiro atoms. The Morgan fingerprint density at radius 2 is 2.33 bits per heavy atom. The van der Waals surface area contributed by atoms with Crippen molar-refractivity contribution in [1.29, 1.82) is 0 Å². The minimum absolute atomic E-state index is 0.452. The van der Waals surface area contributed by atoms with Crippen molar-refractivity contribution in [3.63, 3.8) is 0 Å². The zero-order valence-electron chi connectivity index (χ0n) is 6.07. The molecule has 0 aliphatic carbocycles. The van der Waals surface area contributed by atoms with Crippen molar-refractivity contribution >= 4 is 27.7 Å². The summed E-state index contributed by atoms with van der Waals surface area (Å²) >= 11 is 3.31. The van der Waals surface area contributed by atoms with Crippen LogP contribution in [0, 0.1) is 0 Å². The van der Waals surface area contributed by atoms with Crippen LogP contribution in [0.3, 0.4) is 0 Å². The minimum atomic E-state index is 0.452. The molecule has 0 aliphatic heterocycles. The van der Waals surface area contributed by atoms with Crippen LogP contribution >= 0.6 is 15.9 Å². The molecule has 0 saturated carbocycles. The van der Waals surface area contributed by atoms with Crippen LogP contribution in [-0.4, -0.2) is 15.9 Å². The van der Waals surface area contributed by atoms with E-state index in [2.05, 4.69) is 21.0 Å². The van der Waals surface area contributed by atoms with Crippen LogP contribution in [0.2, 0.25) is 0 Å². The number of carbonyl (C=O) groups excluding carboxylic acids is 1. The number of hydrogen-bond acceptors (Lipinski definition) is 2. The average molecular weight is 225 g/mol. The largest absolute Gasteiger partial charge is 0.296 e. The molecule has 0 atom stereocenters. The van der Waals surface area contributed by atoms with E-state index in [0.717, 1.165) is 16.3 Å². The highest BCUT2D eigenvalue weighted by atomic mass is 79.9. The Labute approximate surface area is 77.1 Å². The lowest BCUT2D eigenvalue weighted by molar-refractivity contribution is 0.111. The lowest BCUT2D eigenvalue weighted by atomic mass is 10.4. The van der Waals surface area contributed by atoms with Crippen LogP contribution in [0.5, 0.6) is 0 Å². The van der Waals surface area contributed by atoms with E-state index in [4.69, 9.17) is 0 Å². The van der Waals surface area contributed by atoms with E-state index in [1.165, 1.54) is 0 Å². The molecule has 0 bridgehead atoms. The highest BCUT2D eigenvalue weighted by molar-refractivity contribution is 9.10. The third-order valence-electron chi connectivity index (χ3n) is 1.56. The Morgan fingerprint density at radius 3 is 3.08 bits per heavy atom. The first kappa shape index (κ1) is 7.49. The van der Waals surface area contributed by atoms with Crippen molar-refractivity contribution in [2.45, 2.75) is 0 Å². The van der Waals surface area contributed by atoms with Crippen LogP contribution in [-0.2, 0) is 0 Å². The molecule has 0 radical (unpaired) electrons. The lowest BCUT2D eigenvalue weighted by Gasteiger charge is -1.91. The van der Waals surface area contributed by atoms with Gasteiger partial charge >= 0.3 is 0 Å². The second-order valence-electron chi connectivity index (χ2n) is 2.40. The summed E-state index contributed by atoms with van der Waals surface area (Å²) < 4.78 is 2.60. The summed E-state index contributed by atoms with van der Waals surface area (Å²) in [6.07, 6.45) is 2.54. The van der Waals surface area contributed by atoms with Crippen LogP contribution in [0.4, 0.5) is 0 Å². The molecular weight excluding hydrogens is 220 g/mol. The molecule has 0 fully saturated rings. The molecule has 12 heavy (non-hydrogen) atoms. The summed E-state index contributed by atoms with van der Waals surface area (Å²) in [5.41, 5.74) is 1.37. The Balaban J connectivity index is 2.75. The van der Waals surface area contributed by atoms with E-state index >= 15 is 0 Å². The average Bonchev–Trinajstić information content (AvgIpc) is 2.46. The van der Waals surface area contributed by atoms with E-state index in [1.807, 2.05) is 18.3 Å². The fourth-order valence-corrected chi connectivity index (χ4v) is 1.37. The van der Waals surface area contributed by atoms with Gasteiger partial charge in [0.05, 0.1) is 5.52 Å². The van der Waals surface area contributed by atoms with Gasteiger partial charge in [0.15, 0.2) is 6.29 Å². The van der Waals surface area contributed by atoms with Crippen LogP contribution in [0.15, 0.2) is 28.9 Å². The number of nitrogens with zero attached hydrogens (tertiary/aromatic N) is 2. The van der Waals surface area contributed by atoms with E-state index in [1.54, 1.807) is 10.6 Å². The van der Waals surface area contributed by atoms with Crippen molar-refractivity contribution in [2.75, 3.05) is 0 Å². The minimum Gasteiger partial charge on any atom is -0.296 e. The van der Waals surface area contributed by atoms with Gasteiger partial charge in [0.25, 0.3) is 0 Å². The summed E-state index contributed by atoms with van der Waals surface area (Å²) in [5.74, 6) is 0. The molecule has 60 valence electrons. The zero-order chi connectivity index (χ0) is 8.55. The maximum absolute atomic E-state index is 10.4. The van der Waals surface area contributed by atoms with E-state index in [-0.39, 0.29) is 0 Å². The van der Waals surface area contributed by atoms with Crippen molar-refractivity contribution in [3.8, 4) is 0 Å². The molecule has 4 heteroatoms. The van der Waals surface area contributed by atoms with Crippen molar-refractivity contribution in [2.24, 2.45) is 0 Å². The summed E-state index contributed by atoms with van der Waals surface area (Å²) in [4.78, 5) is 10.4.